The molecule has 5 aromatic carbocycles. The largest absolute Gasteiger partial charge is 0.101 e. The molecule has 1 atom stereocenters. The number of hydrogen-bond donors (Lipinski definition) is 0. The van der Waals surface area contributed by atoms with Crippen LogP contribution in [0.1, 0.15) is 61.1 Å². The topological polar surface area (TPSA) is 0 Å². The van der Waals surface area contributed by atoms with Crippen LogP contribution >= 0.6 is 0 Å². The highest BCUT2D eigenvalue weighted by atomic mass is 14.3. The first-order chi connectivity index (χ1) is 18.8. The van der Waals surface area contributed by atoms with Crippen molar-refractivity contribution in [1.29, 1.82) is 0 Å². The minimum atomic E-state index is 0.222. The summed E-state index contributed by atoms with van der Waals surface area (Å²) in [4.78, 5) is 0. The number of aryl methyl sites for hydroxylation is 1. The van der Waals surface area contributed by atoms with E-state index in [0.29, 0.717) is 5.92 Å². The third kappa shape index (κ3) is 5.93. The van der Waals surface area contributed by atoms with Crippen LogP contribution in [0.25, 0.3) is 21.5 Å². The molecule has 0 nitrogen and oxygen atoms in total. The van der Waals surface area contributed by atoms with Crippen molar-refractivity contribution >= 4 is 21.5 Å². The molecule has 0 aliphatic carbocycles. The Balaban J connectivity index is 1.45. The van der Waals surface area contributed by atoms with Gasteiger partial charge in [0.1, 0.15) is 0 Å². The van der Waals surface area contributed by atoms with Gasteiger partial charge in [-0.25, -0.2) is 0 Å². The summed E-state index contributed by atoms with van der Waals surface area (Å²) in [6.07, 6.45) is 2.14. The molecule has 0 spiro atoms. The van der Waals surface area contributed by atoms with Gasteiger partial charge in [-0.05, 0) is 82.8 Å². The summed E-state index contributed by atoms with van der Waals surface area (Å²) in [5.41, 5.74) is 7.50. The van der Waals surface area contributed by atoms with Crippen LogP contribution in [-0.4, -0.2) is 0 Å². The second kappa shape index (κ2) is 11.2. The molecule has 0 amide bonds. The van der Waals surface area contributed by atoms with Crippen molar-refractivity contribution in [3.8, 4) is 23.7 Å². The van der Waals surface area contributed by atoms with Crippen molar-refractivity contribution in [2.24, 2.45) is 11.3 Å². The average molecular weight is 505 g/mol. The van der Waals surface area contributed by atoms with Crippen LogP contribution in [-0.2, 0) is 12.8 Å². The fourth-order valence-corrected chi connectivity index (χ4v) is 5.36. The number of rotatable bonds is 4. The van der Waals surface area contributed by atoms with Crippen molar-refractivity contribution < 1.29 is 0 Å². The zero-order valence-electron chi connectivity index (χ0n) is 23.7. The van der Waals surface area contributed by atoms with E-state index in [0.717, 1.165) is 51.1 Å². The summed E-state index contributed by atoms with van der Waals surface area (Å²) in [5.74, 6) is 14.0. The minimum Gasteiger partial charge on any atom is -0.101 e. The van der Waals surface area contributed by atoms with Gasteiger partial charge in [0, 0.05) is 16.7 Å². The zero-order valence-corrected chi connectivity index (χ0v) is 23.7. The molecule has 0 aromatic heterocycles. The quantitative estimate of drug-likeness (QED) is 0.169. The molecule has 192 valence electrons. The summed E-state index contributed by atoms with van der Waals surface area (Å²) in [5, 5.41) is 4.63. The molecule has 0 radical (unpaired) electrons. The summed E-state index contributed by atoms with van der Waals surface area (Å²) in [6.45, 7) is 11.1. The molecule has 0 saturated heterocycles. The van der Waals surface area contributed by atoms with E-state index in [1.54, 1.807) is 0 Å². The van der Waals surface area contributed by atoms with Crippen LogP contribution in [0.4, 0.5) is 0 Å². The number of hydrogen-bond acceptors (Lipinski definition) is 0. The van der Waals surface area contributed by atoms with Gasteiger partial charge in [0.2, 0.25) is 0 Å². The van der Waals surface area contributed by atoms with Crippen LogP contribution in [0.3, 0.4) is 0 Å². The fourth-order valence-electron chi connectivity index (χ4n) is 5.36. The Kier molecular flexibility index (Phi) is 7.59. The Hall–Kier alpha value is -4.26. The molecule has 0 N–H and O–H groups in total. The first-order valence-corrected chi connectivity index (χ1v) is 13.9. The maximum absolute atomic E-state index is 3.54. The van der Waals surface area contributed by atoms with Gasteiger partial charge in [0.15, 0.2) is 0 Å². The molecular weight excluding hydrogens is 468 g/mol. The average Bonchev–Trinajstić information content (AvgIpc) is 2.93. The predicted molar refractivity (Wildman–Crippen MR) is 168 cm³/mol. The fraction of sp³-hybridized carbons (Fsp3) is 0.231. The molecule has 0 aliphatic rings. The molecule has 39 heavy (non-hydrogen) atoms. The third-order valence-electron chi connectivity index (χ3n) is 7.78. The van der Waals surface area contributed by atoms with E-state index in [4.69, 9.17) is 0 Å². The molecule has 0 saturated carbocycles. The van der Waals surface area contributed by atoms with Crippen LogP contribution in [0.5, 0.6) is 0 Å². The Morgan fingerprint density at radius 1 is 0.564 bits per heavy atom. The molecule has 1 unspecified atom stereocenters. The number of fused-ring (bicyclic) bond motifs is 2. The Labute approximate surface area is 234 Å². The first-order valence-electron chi connectivity index (χ1n) is 13.9. The minimum absolute atomic E-state index is 0.222. The lowest BCUT2D eigenvalue weighted by Gasteiger charge is -2.31. The summed E-state index contributed by atoms with van der Waals surface area (Å²) < 4.78 is 0. The Morgan fingerprint density at radius 2 is 1.00 bits per heavy atom. The normalized spacial score (nSPS) is 11.9. The van der Waals surface area contributed by atoms with Crippen LogP contribution in [0.15, 0.2) is 97.1 Å². The van der Waals surface area contributed by atoms with Crippen molar-refractivity contribution in [2.75, 3.05) is 0 Å². The highest BCUT2D eigenvalue weighted by Crippen LogP contribution is 2.33. The van der Waals surface area contributed by atoms with Crippen molar-refractivity contribution in [2.45, 2.75) is 47.5 Å². The highest BCUT2D eigenvalue weighted by molar-refractivity contribution is 6.09. The van der Waals surface area contributed by atoms with E-state index in [2.05, 4.69) is 148 Å². The van der Waals surface area contributed by atoms with E-state index in [1.807, 2.05) is 6.92 Å². The van der Waals surface area contributed by atoms with Crippen LogP contribution in [0, 0.1) is 41.9 Å². The molecular formula is C39H36. The molecule has 5 rings (SSSR count). The molecule has 0 heterocycles. The monoisotopic (exact) mass is 504 g/mol. The maximum atomic E-state index is 3.54. The van der Waals surface area contributed by atoms with Gasteiger partial charge in [-0.15, -0.1) is 5.92 Å². The highest BCUT2D eigenvalue weighted by Gasteiger charge is 2.25. The Bertz CT molecular complexity index is 1680. The summed E-state index contributed by atoms with van der Waals surface area (Å²) >= 11 is 0. The molecule has 5 aromatic rings. The molecule has 0 heteroatoms. The number of benzene rings is 5. The second-order valence-electron chi connectivity index (χ2n) is 11.6. The van der Waals surface area contributed by atoms with Gasteiger partial charge in [-0.1, -0.05) is 129 Å². The maximum Gasteiger partial charge on any atom is 0.0406 e. The molecule has 0 aliphatic heterocycles. The smallest absolute Gasteiger partial charge is 0.0406 e. The van der Waals surface area contributed by atoms with Crippen molar-refractivity contribution in [3.63, 3.8) is 0 Å². The first kappa shape index (κ1) is 26.4. The second-order valence-corrected chi connectivity index (χ2v) is 11.6. The van der Waals surface area contributed by atoms with Gasteiger partial charge in [-0.2, -0.15) is 0 Å². The van der Waals surface area contributed by atoms with Crippen molar-refractivity contribution in [1.82, 2.24) is 0 Å². The van der Waals surface area contributed by atoms with Gasteiger partial charge in [0.05, 0.1) is 0 Å². The predicted octanol–water partition coefficient (Wildman–Crippen LogP) is 9.52. The summed E-state index contributed by atoms with van der Waals surface area (Å²) in [7, 11) is 0. The van der Waals surface area contributed by atoms with Gasteiger partial charge < -0.3 is 0 Å². The lowest BCUT2D eigenvalue weighted by atomic mass is 9.74. The van der Waals surface area contributed by atoms with E-state index in [-0.39, 0.29) is 5.41 Å². The molecule has 0 fully saturated rings. The SMILES string of the molecule is CC#Cc1c2ccccc2c(C#Cc2ccc(CC(Cc3ccc(C)cc3)C(C)(C)C)cc2)c2ccccc12. The summed E-state index contributed by atoms with van der Waals surface area (Å²) in [6, 6.07) is 34.8. The standard InChI is InChI=1S/C39H36/c1-6-11-33-34-12-7-9-14-36(34)38(37-15-10-8-13-35(33)37)25-24-29-20-22-31(23-21-29)27-32(39(3,4)5)26-30-18-16-28(2)17-19-30/h7-10,12-23,32H,26-27H2,1-5H3. The van der Waals surface area contributed by atoms with E-state index < -0.39 is 0 Å². The zero-order chi connectivity index (χ0) is 27.4. The van der Waals surface area contributed by atoms with E-state index in [9.17, 15) is 0 Å². The van der Waals surface area contributed by atoms with Gasteiger partial charge in [-0.3, -0.25) is 0 Å². The lowest BCUT2D eigenvalue weighted by molar-refractivity contribution is 0.237. The van der Waals surface area contributed by atoms with Crippen LogP contribution in [0.2, 0.25) is 0 Å². The van der Waals surface area contributed by atoms with Gasteiger partial charge >= 0.3 is 0 Å². The van der Waals surface area contributed by atoms with E-state index in [1.165, 1.54) is 16.7 Å². The molecule has 0 bridgehead atoms. The lowest BCUT2D eigenvalue weighted by Crippen LogP contribution is -2.25. The Morgan fingerprint density at radius 3 is 1.44 bits per heavy atom. The third-order valence-corrected chi connectivity index (χ3v) is 7.78. The van der Waals surface area contributed by atoms with Crippen LogP contribution < -0.4 is 0 Å². The van der Waals surface area contributed by atoms with Gasteiger partial charge in [0.25, 0.3) is 0 Å². The van der Waals surface area contributed by atoms with E-state index >= 15 is 0 Å². The van der Waals surface area contributed by atoms with Crippen molar-refractivity contribution in [3.05, 3.63) is 130 Å².